The van der Waals surface area contributed by atoms with Crippen molar-refractivity contribution in [1.29, 1.82) is 0 Å². The Morgan fingerprint density at radius 2 is 1.54 bits per heavy atom. The van der Waals surface area contributed by atoms with Crippen molar-refractivity contribution < 1.29 is 16.9 Å². The van der Waals surface area contributed by atoms with Gasteiger partial charge in [0, 0.05) is 24.3 Å². The van der Waals surface area contributed by atoms with Crippen molar-refractivity contribution in [3.05, 3.63) is 24.3 Å². The largest absolute Gasteiger partial charge is 1.00 e. The van der Waals surface area contributed by atoms with Crippen molar-refractivity contribution in [2.45, 2.75) is 70.8 Å². The van der Waals surface area contributed by atoms with Gasteiger partial charge in [0.15, 0.2) is 0 Å². The molecule has 1 aliphatic heterocycles. The molecular weight excluding hydrogens is 342 g/mol. The van der Waals surface area contributed by atoms with Crippen LogP contribution in [0.25, 0.3) is 0 Å². The number of likely N-dealkylation sites (N-methyl/N-ethyl adjacent to an activating group) is 1. The Morgan fingerprint density at radius 3 is 2.15 bits per heavy atom. The smallest absolute Gasteiger partial charge is 0.108 e. The number of nitrogens with two attached hydrogens (primary N) is 1. The van der Waals surface area contributed by atoms with Gasteiger partial charge < -0.3 is 27.5 Å². The van der Waals surface area contributed by atoms with Crippen molar-refractivity contribution in [2.75, 3.05) is 44.4 Å². The van der Waals surface area contributed by atoms with Crippen LogP contribution in [-0.2, 0) is 0 Å². The van der Waals surface area contributed by atoms with Gasteiger partial charge in [-0.2, -0.15) is 0 Å². The zero-order chi connectivity index (χ0) is 18.1. The molecule has 1 unspecified atom stereocenters. The normalized spacial score (nSPS) is 17.3. The fourth-order valence-electron chi connectivity index (χ4n) is 4.07. The minimum atomic E-state index is 0. The van der Waals surface area contributed by atoms with Crippen LogP contribution in [0.1, 0.15) is 64.7 Å². The topological polar surface area (TPSA) is 29.3 Å². The van der Waals surface area contributed by atoms with E-state index < -0.39 is 0 Å². The van der Waals surface area contributed by atoms with Crippen LogP contribution in [0.5, 0.6) is 0 Å². The maximum absolute atomic E-state index is 5.81. The number of unbranched alkanes of at least 4 members (excludes halogenated alkanes) is 7. The fourth-order valence-corrected chi connectivity index (χ4v) is 4.07. The van der Waals surface area contributed by atoms with Gasteiger partial charge in [-0.1, -0.05) is 45.4 Å². The molecule has 1 heterocycles. The van der Waals surface area contributed by atoms with Crippen LogP contribution < -0.4 is 23.0 Å². The molecule has 0 saturated carbocycles. The van der Waals surface area contributed by atoms with E-state index >= 15 is 0 Å². The van der Waals surface area contributed by atoms with Gasteiger partial charge in [0.05, 0.1) is 27.2 Å². The van der Waals surface area contributed by atoms with Gasteiger partial charge in [-0.15, -0.1) is 0 Å². The van der Waals surface area contributed by atoms with E-state index in [1.165, 1.54) is 87.6 Å². The van der Waals surface area contributed by atoms with Crippen LogP contribution in [0.4, 0.5) is 11.4 Å². The number of nitrogen functional groups attached to an aromatic ring is 1. The van der Waals surface area contributed by atoms with Gasteiger partial charge in [0.1, 0.15) is 6.04 Å². The van der Waals surface area contributed by atoms with Gasteiger partial charge in [-0.3, -0.25) is 0 Å². The standard InChI is InChI=1S/C22H40N3.ClH/c1-4-5-6-7-8-9-10-11-18-25(2,3)22-16-17-24(19-22)21-14-12-20(23)13-15-21;/h12-15,22H,4-11,16-19,23H2,1-3H3;1H/q+1;/p-1. The summed E-state index contributed by atoms with van der Waals surface area (Å²) in [6, 6.07) is 9.11. The number of benzene rings is 1. The number of hydrogen-bond acceptors (Lipinski definition) is 2. The Hall–Kier alpha value is -0.930. The Morgan fingerprint density at radius 1 is 0.962 bits per heavy atom. The van der Waals surface area contributed by atoms with Crippen molar-refractivity contribution in [3.8, 4) is 0 Å². The highest BCUT2D eigenvalue weighted by Crippen LogP contribution is 2.26. The molecule has 1 atom stereocenters. The van der Waals surface area contributed by atoms with Crippen LogP contribution in [0.3, 0.4) is 0 Å². The zero-order valence-corrected chi connectivity index (χ0v) is 18.0. The van der Waals surface area contributed by atoms with Crippen LogP contribution >= 0.6 is 0 Å². The number of anilines is 2. The molecule has 0 spiro atoms. The Balaban J connectivity index is 0.00000338. The van der Waals surface area contributed by atoms with E-state index in [0.717, 1.165) is 11.7 Å². The highest BCUT2D eigenvalue weighted by atomic mass is 35.5. The highest BCUT2D eigenvalue weighted by Gasteiger charge is 2.34. The summed E-state index contributed by atoms with van der Waals surface area (Å²) in [5.41, 5.74) is 7.99. The maximum Gasteiger partial charge on any atom is 0.108 e. The van der Waals surface area contributed by atoms with Crippen LogP contribution in [0.2, 0.25) is 0 Å². The molecule has 0 amide bonds. The Bertz CT molecular complexity index is 487. The van der Waals surface area contributed by atoms with Gasteiger partial charge in [0.25, 0.3) is 0 Å². The summed E-state index contributed by atoms with van der Waals surface area (Å²) in [5.74, 6) is 0. The predicted octanol–water partition coefficient (Wildman–Crippen LogP) is 2.07. The van der Waals surface area contributed by atoms with E-state index in [0.29, 0.717) is 0 Å². The zero-order valence-electron chi connectivity index (χ0n) is 17.2. The predicted molar refractivity (Wildman–Crippen MR) is 111 cm³/mol. The molecule has 2 N–H and O–H groups in total. The van der Waals surface area contributed by atoms with E-state index in [2.05, 4.69) is 38.1 Å². The van der Waals surface area contributed by atoms with Crippen molar-refractivity contribution in [3.63, 3.8) is 0 Å². The lowest BCUT2D eigenvalue weighted by atomic mass is 10.1. The number of quaternary nitrogens is 1. The third-order valence-electron chi connectivity index (χ3n) is 6.00. The molecule has 0 bridgehead atoms. The second kappa shape index (κ2) is 11.7. The van der Waals surface area contributed by atoms with Crippen LogP contribution in [0.15, 0.2) is 24.3 Å². The summed E-state index contributed by atoms with van der Waals surface area (Å²) in [5, 5.41) is 0. The number of halogens is 1. The summed E-state index contributed by atoms with van der Waals surface area (Å²) in [4.78, 5) is 2.53. The highest BCUT2D eigenvalue weighted by molar-refractivity contribution is 5.53. The maximum atomic E-state index is 5.81. The molecule has 1 fully saturated rings. The summed E-state index contributed by atoms with van der Waals surface area (Å²) in [7, 11) is 4.86. The monoisotopic (exact) mass is 381 g/mol. The minimum absolute atomic E-state index is 0. The first-order valence-corrected chi connectivity index (χ1v) is 10.5. The van der Waals surface area contributed by atoms with Gasteiger partial charge in [-0.05, 0) is 37.1 Å². The molecule has 4 heteroatoms. The van der Waals surface area contributed by atoms with Crippen LogP contribution in [-0.4, -0.2) is 44.3 Å². The lowest BCUT2D eigenvalue weighted by Crippen LogP contribution is -3.00. The quantitative estimate of drug-likeness (QED) is 0.361. The SMILES string of the molecule is CCCCCCCCCC[N+](C)(C)C1CCN(c2ccc(N)cc2)C1.[Cl-]. The van der Waals surface area contributed by atoms with Crippen LogP contribution in [0, 0.1) is 0 Å². The number of rotatable bonds is 11. The third-order valence-corrected chi connectivity index (χ3v) is 6.00. The number of hydrogen-bond donors (Lipinski definition) is 1. The van der Waals surface area contributed by atoms with Crippen molar-refractivity contribution in [2.24, 2.45) is 0 Å². The minimum Gasteiger partial charge on any atom is -1.00 e. The second-order valence-corrected chi connectivity index (χ2v) is 8.46. The molecule has 0 aromatic heterocycles. The molecule has 1 saturated heterocycles. The van der Waals surface area contributed by atoms with E-state index in [9.17, 15) is 0 Å². The van der Waals surface area contributed by atoms with E-state index in [4.69, 9.17) is 5.73 Å². The Labute approximate surface area is 167 Å². The summed E-state index contributed by atoms with van der Waals surface area (Å²) in [6.07, 6.45) is 12.6. The van der Waals surface area contributed by atoms with Gasteiger partial charge in [-0.25, -0.2) is 0 Å². The van der Waals surface area contributed by atoms with Gasteiger partial charge in [0.2, 0.25) is 0 Å². The van der Waals surface area contributed by atoms with Crippen molar-refractivity contribution >= 4 is 11.4 Å². The number of nitrogens with zero attached hydrogens (tertiary/aromatic N) is 2. The van der Waals surface area contributed by atoms with E-state index in [-0.39, 0.29) is 12.4 Å². The lowest BCUT2D eigenvalue weighted by Gasteiger charge is -2.36. The molecule has 1 aromatic rings. The van der Waals surface area contributed by atoms with Crippen molar-refractivity contribution in [1.82, 2.24) is 0 Å². The average molecular weight is 382 g/mol. The first-order chi connectivity index (χ1) is 12.0. The molecule has 26 heavy (non-hydrogen) atoms. The Kier molecular flexibility index (Phi) is 10.4. The lowest BCUT2D eigenvalue weighted by molar-refractivity contribution is -0.912. The molecule has 1 aromatic carbocycles. The summed E-state index contributed by atoms with van der Waals surface area (Å²) < 4.78 is 1.17. The molecule has 0 radical (unpaired) electrons. The summed E-state index contributed by atoms with van der Waals surface area (Å²) in [6.45, 7) is 5.95. The fraction of sp³-hybridized carbons (Fsp3) is 0.727. The molecule has 3 nitrogen and oxygen atoms in total. The first-order valence-electron chi connectivity index (χ1n) is 10.5. The average Bonchev–Trinajstić information content (AvgIpc) is 3.09. The molecule has 2 rings (SSSR count). The van der Waals surface area contributed by atoms with Gasteiger partial charge >= 0.3 is 0 Å². The summed E-state index contributed by atoms with van der Waals surface area (Å²) >= 11 is 0. The molecular formula is C22H40ClN3. The van der Waals surface area contributed by atoms with E-state index in [1.807, 2.05) is 12.1 Å². The molecule has 1 aliphatic rings. The second-order valence-electron chi connectivity index (χ2n) is 8.46. The molecule has 150 valence electrons. The van der Waals surface area contributed by atoms with E-state index in [1.54, 1.807) is 0 Å². The molecule has 0 aliphatic carbocycles. The third kappa shape index (κ3) is 7.36. The first kappa shape index (κ1) is 23.1.